The number of H-pyrrole nitrogens is 1. The summed E-state index contributed by atoms with van der Waals surface area (Å²) in [7, 11) is 0. The number of rotatable bonds is 6. The molecule has 0 spiro atoms. The predicted molar refractivity (Wildman–Crippen MR) is 126 cm³/mol. The predicted octanol–water partition coefficient (Wildman–Crippen LogP) is 4.25. The van der Waals surface area contributed by atoms with Crippen molar-refractivity contribution in [2.45, 2.75) is 32.7 Å². The zero-order valence-corrected chi connectivity index (χ0v) is 18.1. The summed E-state index contributed by atoms with van der Waals surface area (Å²) < 4.78 is 2.11. The Morgan fingerprint density at radius 3 is 2.75 bits per heavy atom. The second-order valence-electron chi connectivity index (χ2n) is 8.30. The fourth-order valence-corrected chi connectivity index (χ4v) is 4.43. The van der Waals surface area contributed by atoms with Crippen LogP contribution in [0.3, 0.4) is 0 Å². The average Bonchev–Trinajstić information content (AvgIpc) is 3.44. The molecule has 1 aliphatic rings. The van der Waals surface area contributed by atoms with Crippen molar-refractivity contribution < 1.29 is 9.59 Å². The summed E-state index contributed by atoms with van der Waals surface area (Å²) >= 11 is 0. The van der Waals surface area contributed by atoms with E-state index in [2.05, 4.69) is 40.0 Å². The molecule has 2 aromatic heterocycles. The standard InChI is InChI=1S/C26H26N4O2/c1-18-8-9-22-21(15-18)19(16-28-22)12-13-27-25(31)10-11-26(32)30-17-20-5-4-14-29(20)23-6-2-3-7-24(23)30/h2-9,14-16,28H,10-13,17H2,1H3,(H,27,31). The van der Waals surface area contributed by atoms with Gasteiger partial charge in [-0.05, 0) is 55.3 Å². The third-order valence-corrected chi connectivity index (χ3v) is 6.09. The van der Waals surface area contributed by atoms with E-state index in [4.69, 9.17) is 0 Å². The number of hydrogen-bond donors (Lipinski definition) is 2. The number of hydrogen-bond acceptors (Lipinski definition) is 2. The Kier molecular flexibility index (Phi) is 5.27. The second kappa shape index (κ2) is 8.38. The molecule has 6 nitrogen and oxygen atoms in total. The van der Waals surface area contributed by atoms with Crippen LogP contribution in [0.4, 0.5) is 5.69 Å². The number of nitrogens with one attached hydrogen (secondary N) is 2. The number of fused-ring (bicyclic) bond motifs is 4. The highest BCUT2D eigenvalue weighted by molar-refractivity contribution is 5.97. The Labute approximate surface area is 186 Å². The Morgan fingerprint density at radius 1 is 1.03 bits per heavy atom. The van der Waals surface area contributed by atoms with E-state index in [9.17, 15) is 9.59 Å². The van der Waals surface area contributed by atoms with Gasteiger partial charge in [0.1, 0.15) is 0 Å². The minimum atomic E-state index is -0.0944. The minimum Gasteiger partial charge on any atom is -0.361 e. The van der Waals surface area contributed by atoms with Gasteiger partial charge in [-0.1, -0.05) is 23.8 Å². The summed E-state index contributed by atoms with van der Waals surface area (Å²) in [6, 6.07) is 18.2. The van der Waals surface area contributed by atoms with E-state index < -0.39 is 0 Å². The van der Waals surface area contributed by atoms with Crippen LogP contribution in [0, 0.1) is 6.92 Å². The van der Waals surface area contributed by atoms with Crippen LogP contribution in [0.5, 0.6) is 0 Å². The number of anilines is 1. The zero-order valence-electron chi connectivity index (χ0n) is 18.1. The lowest BCUT2D eigenvalue weighted by molar-refractivity contribution is -0.125. The van der Waals surface area contributed by atoms with Gasteiger partial charge in [-0.15, -0.1) is 0 Å². The van der Waals surface area contributed by atoms with Crippen LogP contribution in [-0.2, 0) is 22.6 Å². The molecular weight excluding hydrogens is 400 g/mol. The lowest BCUT2D eigenvalue weighted by atomic mass is 10.1. The quantitative estimate of drug-likeness (QED) is 0.484. The SMILES string of the molecule is Cc1ccc2[nH]cc(CCNC(=O)CCC(=O)N3Cc4cccn4-c4ccccc43)c2c1. The smallest absolute Gasteiger partial charge is 0.227 e. The molecule has 2 N–H and O–H groups in total. The Hall–Kier alpha value is -3.80. The maximum atomic E-state index is 13.0. The molecule has 5 rings (SSSR count). The largest absolute Gasteiger partial charge is 0.361 e. The minimum absolute atomic E-state index is 0.0350. The monoisotopic (exact) mass is 426 g/mol. The molecule has 2 aromatic carbocycles. The van der Waals surface area contributed by atoms with Crippen molar-refractivity contribution in [3.63, 3.8) is 0 Å². The number of carbonyl (C=O) groups excluding carboxylic acids is 2. The second-order valence-corrected chi connectivity index (χ2v) is 8.30. The average molecular weight is 427 g/mol. The Balaban J connectivity index is 1.16. The van der Waals surface area contributed by atoms with Crippen LogP contribution >= 0.6 is 0 Å². The number of aromatic amines is 1. The van der Waals surface area contributed by atoms with Crippen LogP contribution < -0.4 is 10.2 Å². The van der Waals surface area contributed by atoms with Crippen LogP contribution in [0.25, 0.3) is 16.6 Å². The van der Waals surface area contributed by atoms with E-state index in [0.29, 0.717) is 13.1 Å². The number of carbonyl (C=O) groups is 2. The summed E-state index contributed by atoms with van der Waals surface area (Å²) in [4.78, 5) is 30.4. The highest BCUT2D eigenvalue weighted by Gasteiger charge is 2.25. The number of aromatic nitrogens is 2. The van der Waals surface area contributed by atoms with Crippen LogP contribution in [0.15, 0.2) is 67.0 Å². The van der Waals surface area contributed by atoms with Gasteiger partial charge in [-0.3, -0.25) is 9.59 Å². The molecule has 1 aliphatic heterocycles. The molecule has 0 saturated carbocycles. The normalized spacial score (nSPS) is 12.5. The maximum Gasteiger partial charge on any atom is 0.227 e. The van der Waals surface area contributed by atoms with E-state index in [-0.39, 0.29) is 24.7 Å². The fourth-order valence-electron chi connectivity index (χ4n) is 4.43. The molecule has 3 heterocycles. The van der Waals surface area contributed by atoms with Crippen molar-refractivity contribution in [1.29, 1.82) is 0 Å². The summed E-state index contributed by atoms with van der Waals surface area (Å²) in [5.74, 6) is -0.129. The van der Waals surface area contributed by atoms with E-state index in [1.54, 1.807) is 4.90 Å². The van der Waals surface area contributed by atoms with Gasteiger partial charge in [-0.2, -0.15) is 0 Å². The van der Waals surface area contributed by atoms with Crippen LogP contribution in [0.2, 0.25) is 0 Å². The molecule has 0 atom stereocenters. The molecule has 162 valence electrons. The highest BCUT2D eigenvalue weighted by Crippen LogP contribution is 2.32. The molecule has 0 unspecified atom stereocenters. The number of nitrogens with zero attached hydrogens (tertiary/aromatic N) is 2. The molecule has 0 saturated heterocycles. The van der Waals surface area contributed by atoms with Gasteiger partial charge in [-0.25, -0.2) is 0 Å². The zero-order chi connectivity index (χ0) is 22.1. The van der Waals surface area contributed by atoms with Gasteiger partial charge >= 0.3 is 0 Å². The lowest BCUT2D eigenvalue weighted by Gasteiger charge is -2.31. The van der Waals surface area contributed by atoms with Gasteiger partial charge in [0.25, 0.3) is 0 Å². The topological polar surface area (TPSA) is 70.1 Å². The molecule has 4 aromatic rings. The Bertz CT molecular complexity index is 1300. The first-order valence-electron chi connectivity index (χ1n) is 11.0. The van der Waals surface area contributed by atoms with Crippen molar-refractivity contribution in [2.75, 3.05) is 11.4 Å². The number of aryl methyl sites for hydroxylation is 1. The molecule has 32 heavy (non-hydrogen) atoms. The highest BCUT2D eigenvalue weighted by atomic mass is 16.2. The fraction of sp³-hybridized carbons (Fsp3) is 0.231. The molecule has 0 bridgehead atoms. The van der Waals surface area contributed by atoms with Gasteiger partial charge in [0.05, 0.1) is 17.9 Å². The van der Waals surface area contributed by atoms with Crippen molar-refractivity contribution in [2.24, 2.45) is 0 Å². The lowest BCUT2D eigenvalue weighted by Crippen LogP contribution is -2.35. The molecular formula is C26H26N4O2. The first-order valence-corrected chi connectivity index (χ1v) is 11.0. The number of benzene rings is 2. The van der Waals surface area contributed by atoms with E-state index in [0.717, 1.165) is 29.0 Å². The Morgan fingerprint density at radius 2 is 1.88 bits per heavy atom. The summed E-state index contributed by atoms with van der Waals surface area (Å²) in [5, 5.41) is 4.16. The molecule has 6 heteroatoms. The van der Waals surface area contributed by atoms with Crippen molar-refractivity contribution in [1.82, 2.24) is 14.9 Å². The van der Waals surface area contributed by atoms with E-state index in [1.807, 2.05) is 48.8 Å². The van der Waals surface area contributed by atoms with Crippen molar-refractivity contribution in [3.05, 3.63) is 83.8 Å². The summed E-state index contributed by atoms with van der Waals surface area (Å²) in [6.07, 6.45) is 5.14. The van der Waals surface area contributed by atoms with Crippen LogP contribution in [-0.4, -0.2) is 27.9 Å². The van der Waals surface area contributed by atoms with E-state index in [1.165, 1.54) is 16.5 Å². The van der Waals surface area contributed by atoms with Crippen LogP contribution in [0.1, 0.15) is 29.7 Å². The maximum absolute atomic E-state index is 13.0. The summed E-state index contributed by atoms with van der Waals surface area (Å²) in [5.41, 5.74) is 6.45. The number of amides is 2. The van der Waals surface area contributed by atoms with Crippen molar-refractivity contribution >= 4 is 28.4 Å². The first-order chi connectivity index (χ1) is 15.6. The molecule has 0 aliphatic carbocycles. The van der Waals surface area contributed by atoms with Gasteiger partial charge < -0.3 is 19.8 Å². The van der Waals surface area contributed by atoms with E-state index >= 15 is 0 Å². The van der Waals surface area contributed by atoms with Gasteiger partial charge in [0, 0.05) is 48.4 Å². The molecule has 0 radical (unpaired) electrons. The third kappa shape index (κ3) is 3.80. The van der Waals surface area contributed by atoms with Gasteiger partial charge in [0.2, 0.25) is 11.8 Å². The summed E-state index contributed by atoms with van der Waals surface area (Å²) in [6.45, 7) is 3.14. The van der Waals surface area contributed by atoms with Gasteiger partial charge in [0.15, 0.2) is 0 Å². The molecule has 0 fully saturated rings. The molecule has 2 amide bonds. The number of para-hydroxylation sites is 2. The van der Waals surface area contributed by atoms with Crippen molar-refractivity contribution in [3.8, 4) is 5.69 Å². The third-order valence-electron chi connectivity index (χ3n) is 6.09. The first kappa shape index (κ1) is 20.1.